The van der Waals surface area contributed by atoms with Gasteiger partial charge in [0, 0.05) is 41.6 Å². The molecule has 5 nitrogen and oxygen atoms in total. The van der Waals surface area contributed by atoms with Gasteiger partial charge in [-0.1, -0.05) is 0 Å². The molecule has 0 saturated heterocycles. The van der Waals surface area contributed by atoms with Crippen molar-refractivity contribution in [1.82, 2.24) is 19.9 Å². The molecule has 2 heterocycles. The summed E-state index contributed by atoms with van der Waals surface area (Å²) in [5.74, 6) is -0.0166. The number of hydrogen-bond acceptors (Lipinski definition) is 2. The number of H-pyrrole nitrogens is 1. The molecule has 0 spiro atoms. The smallest absolute Gasteiger partial charge is 0.267 e. The minimum atomic E-state index is -0.0166. The molecule has 0 atom stereocenters. The Balaban J connectivity index is 1.60. The van der Waals surface area contributed by atoms with Gasteiger partial charge in [-0.15, -0.1) is 0 Å². The van der Waals surface area contributed by atoms with Crippen LogP contribution in [-0.2, 0) is 6.42 Å². The molecule has 6 heteroatoms. The van der Waals surface area contributed by atoms with Crippen LogP contribution in [0.3, 0.4) is 0 Å². The van der Waals surface area contributed by atoms with Gasteiger partial charge >= 0.3 is 0 Å². The van der Waals surface area contributed by atoms with E-state index in [1.165, 1.54) is 0 Å². The van der Waals surface area contributed by atoms with Crippen LogP contribution < -0.4 is 5.32 Å². The fourth-order valence-corrected chi connectivity index (χ4v) is 2.54. The number of carbonyl (C=O) groups excluding carboxylic acids is 1. The predicted molar refractivity (Wildman–Crippen MR) is 75.0 cm³/mol. The van der Waals surface area contributed by atoms with Crippen molar-refractivity contribution in [1.29, 1.82) is 0 Å². The van der Waals surface area contributed by atoms with Crippen LogP contribution >= 0.6 is 15.9 Å². The van der Waals surface area contributed by atoms with Crippen LogP contribution in [0.4, 0.5) is 0 Å². The standard InChI is InChI=1S/C13H15BrN4O/c14-9-5-12(18(7-9)11-1-2-11)13(19)16-4-3-10-6-15-8-17-10/h5-8,11H,1-4H2,(H,15,17)(H,16,19). The van der Waals surface area contributed by atoms with Crippen LogP contribution in [0, 0.1) is 0 Å². The van der Waals surface area contributed by atoms with Gasteiger partial charge in [-0.05, 0) is 34.8 Å². The van der Waals surface area contributed by atoms with Gasteiger partial charge in [-0.3, -0.25) is 4.79 Å². The van der Waals surface area contributed by atoms with Crippen LogP contribution in [0.15, 0.2) is 29.3 Å². The maximum absolute atomic E-state index is 12.2. The molecule has 2 aromatic rings. The van der Waals surface area contributed by atoms with Gasteiger partial charge in [-0.25, -0.2) is 4.98 Å². The summed E-state index contributed by atoms with van der Waals surface area (Å²) in [5, 5.41) is 2.95. The second-order valence-electron chi connectivity index (χ2n) is 4.76. The van der Waals surface area contributed by atoms with Crippen molar-refractivity contribution in [2.75, 3.05) is 6.54 Å². The van der Waals surface area contributed by atoms with Crippen LogP contribution in [0.1, 0.15) is 35.1 Å². The Morgan fingerprint density at radius 2 is 2.42 bits per heavy atom. The number of imidazole rings is 1. The Labute approximate surface area is 119 Å². The zero-order valence-corrected chi connectivity index (χ0v) is 12.0. The normalized spacial score (nSPS) is 14.6. The molecule has 0 radical (unpaired) electrons. The molecule has 3 rings (SSSR count). The summed E-state index contributed by atoms with van der Waals surface area (Å²) in [5.41, 5.74) is 1.76. The van der Waals surface area contributed by atoms with Gasteiger partial charge in [0.05, 0.1) is 6.33 Å². The Kier molecular flexibility index (Phi) is 3.42. The first-order chi connectivity index (χ1) is 9.24. The lowest BCUT2D eigenvalue weighted by atomic mass is 10.3. The topological polar surface area (TPSA) is 62.7 Å². The molecule has 2 aromatic heterocycles. The number of rotatable bonds is 5. The second-order valence-corrected chi connectivity index (χ2v) is 5.68. The third-order valence-electron chi connectivity index (χ3n) is 3.22. The van der Waals surface area contributed by atoms with E-state index in [9.17, 15) is 4.79 Å². The zero-order valence-electron chi connectivity index (χ0n) is 10.4. The van der Waals surface area contributed by atoms with E-state index in [2.05, 4.69) is 35.8 Å². The lowest BCUT2D eigenvalue weighted by Crippen LogP contribution is -2.27. The van der Waals surface area contributed by atoms with Gasteiger partial charge in [0.25, 0.3) is 5.91 Å². The first-order valence-electron chi connectivity index (χ1n) is 6.37. The summed E-state index contributed by atoms with van der Waals surface area (Å²) >= 11 is 3.43. The maximum Gasteiger partial charge on any atom is 0.267 e. The quantitative estimate of drug-likeness (QED) is 0.887. The second kappa shape index (κ2) is 5.21. The zero-order chi connectivity index (χ0) is 13.2. The van der Waals surface area contributed by atoms with E-state index >= 15 is 0 Å². The van der Waals surface area contributed by atoms with Crippen LogP contribution in [0.2, 0.25) is 0 Å². The van der Waals surface area contributed by atoms with E-state index in [4.69, 9.17) is 0 Å². The fraction of sp³-hybridized carbons (Fsp3) is 0.385. The molecular weight excluding hydrogens is 308 g/mol. The molecular formula is C13H15BrN4O. The SMILES string of the molecule is O=C(NCCc1cnc[nH]1)c1cc(Br)cn1C1CC1. The summed E-state index contributed by atoms with van der Waals surface area (Å²) in [4.78, 5) is 19.1. The molecule has 1 amide bonds. The van der Waals surface area contributed by atoms with Gasteiger partial charge in [0.15, 0.2) is 0 Å². The largest absolute Gasteiger partial charge is 0.350 e. The average Bonchev–Trinajstić information content (AvgIpc) is 2.96. The van der Waals surface area contributed by atoms with Crippen molar-refractivity contribution in [2.45, 2.75) is 25.3 Å². The first kappa shape index (κ1) is 12.5. The lowest BCUT2D eigenvalue weighted by molar-refractivity contribution is 0.0944. The van der Waals surface area contributed by atoms with Crippen LogP contribution in [-0.4, -0.2) is 27.0 Å². The minimum absolute atomic E-state index is 0.0166. The van der Waals surface area contributed by atoms with E-state index < -0.39 is 0 Å². The van der Waals surface area contributed by atoms with E-state index in [1.54, 1.807) is 12.5 Å². The molecule has 2 N–H and O–H groups in total. The predicted octanol–water partition coefficient (Wildman–Crippen LogP) is 2.28. The molecule has 100 valence electrons. The molecule has 0 unspecified atom stereocenters. The third-order valence-corrected chi connectivity index (χ3v) is 3.66. The number of aromatic amines is 1. The molecule has 1 fully saturated rings. The van der Waals surface area contributed by atoms with Gasteiger partial charge in [-0.2, -0.15) is 0 Å². The number of hydrogen-bond donors (Lipinski definition) is 2. The Morgan fingerprint density at radius 3 is 3.11 bits per heavy atom. The summed E-state index contributed by atoms with van der Waals surface area (Å²) in [7, 11) is 0. The number of carbonyl (C=O) groups is 1. The monoisotopic (exact) mass is 322 g/mol. The molecule has 1 aliphatic carbocycles. The number of nitrogens with zero attached hydrogens (tertiary/aromatic N) is 2. The molecule has 1 saturated carbocycles. The van der Waals surface area contributed by atoms with Crippen molar-refractivity contribution in [3.8, 4) is 0 Å². The molecule has 0 bridgehead atoms. The highest BCUT2D eigenvalue weighted by atomic mass is 79.9. The van der Waals surface area contributed by atoms with E-state index in [0.29, 0.717) is 12.6 Å². The number of aromatic nitrogens is 3. The van der Waals surface area contributed by atoms with Gasteiger partial charge < -0.3 is 14.9 Å². The minimum Gasteiger partial charge on any atom is -0.350 e. The van der Waals surface area contributed by atoms with Crippen LogP contribution in [0.5, 0.6) is 0 Å². The Hall–Kier alpha value is -1.56. The molecule has 0 aromatic carbocycles. The summed E-state index contributed by atoms with van der Waals surface area (Å²) in [6.45, 7) is 0.606. The van der Waals surface area contributed by atoms with E-state index in [-0.39, 0.29) is 5.91 Å². The average molecular weight is 323 g/mol. The van der Waals surface area contributed by atoms with Gasteiger partial charge in [0.1, 0.15) is 5.69 Å². The van der Waals surface area contributed by atoms with Crippen molar-refractivity contribution in [3.63, 3.8) is 0 Å². The van der Waals surface area contributed by atoms with Crippen molar-refractivity contribution in [2.24, 2.45) is 0 Å². The van der Waals surface area contributed by atoms with Crippen molar-refractivity contribution < 1.29 is 4.79 Å². The Bertz CT molecular complexity index is 571. The number of halogens is 1. The Morgan fingerprint density at radius 1 is 1.58 bits per heavy atom. The van der Waals surface area contributed by atoms with E-state index in [0.717, 1.165) is 35.1 Å². The third kappa shape index (κ3) is 2.89. The summed E-state index contributed by atoms with van der Waals surface area (Å²) in [6, 6.07) is 2.38. The fourth-order valence-electron chi connectivity index (χ4n) is 2.11. The van der Waals surface area contributed by atoms with Crippen molar-refractivity contribution >= 4 is 21.8 Å². The van der Waals surface area contributed by atoms with Gasteiger partial charge in [0.2, 0.25) is 0 Å². The van der Waals surface area contributed by atoms with Crippen LogP contribution in [0.25, 0.3) is 0 Å². The highest BCUT2D eigenvalue weighted by Crippen LogP contribution is 2.37. The number of nitrogens with one attached hydrogen (secondary N) is 2. The summed E-state index contributed by atoms with van der Waals surface area (Å²) in [6.07, 6.45) is 8.49. The first-order valence-corrected chi connectivity index (χ1v) is 7.16. The highest BCUT2D eigenvalue weighted by molar-refractivity contribution is 9.10. The van der Waals surface area contributed by atoms with E-state index in [1.807, 2.05) is 12.3 Å². The molecule has 0 aliphatic heterocycles. The molecule has 19 heavy (non-hydrogen) atoms. The summed E-state index contributed by atoms with van der Waals surface area (Å²) < 4.78 is 3.02. The highest BCUT2D eigenvalue weighted by Gasteiger charge is 2.27. The molecule has 1 aliphatic rings. The number of amides is 1. The van der Waals surface area contributed by atoms with Crippen molar-refractivity contribution in [3.05, 3.63) is 40.6 Å². The maximum atomic E-state index is 12.2. The lowest BCUT2D eigenvalue weighted by Gasteiger charge is -2.08.